The summed E-state index contributed by atoms with van der Waals surface area (Å²) in [5.74, 6) is 0. The minimum atomic E-state index is 0.242. The normalized spacial score (nSPS) is 49.2. The fraction of sp³-hybridized carbons (Fsp3) is 1.00. The van der Waals surface area contributed by atoms with Crippen LogP contribution in [0.15, 0.2) is 0 Å². The first kappa shape index (κ1) is 8.02. The molecule has 0 aromatic heterocycles. The van der Waals surface area contributed by atoms with Gasteiger partial charge in [0.25, 0.3) is 0 Å². The predicted octanol–water partition coefficient (Wildman–Crippen LogP) is 1.59. The molecule has 60 valence electrons. The zero-order chi connectivity index (χ0) is 7.72. The summed E-state index contributed by atoms with van der Waals surface area (Å²) in [5.41, 5.74) is 0. The molecule has 1 rings (SSSR count). The van der Waals surface area contributed by atoms with Gasteiger partial charge in [0.1, 0.15) is 0 Å². The highest BCUT2D eigenvalue weighted by molar-refractivity contribution is 4.73. The number of hydrogen-bond acceptors (Lipinski definition) is 2. The van der Waals surface area contributed by atoms with Crippen LogP contribution in [-0.4, -0.2) is 24.4 Å². The van der Waals surface area contributed by atoms with Crippen LogP contribution >= 0.6 is 0 Å². The maximum Gasteiger partial charge on any atom is 0.0811 e. The topological polar surface area (TPSA) is 18.5 Å². The van der Waals surface area contributed by atoms with Crippen LogP contribution in [0.4, 0.5) is 0 Å². The molecule has 0 bridgehead atoms. The fourth-order valence-corrected chi connectivity index (χ4v) is 1.12. The Balaban J connectivity index is 2.46. The molecular weight excluding hydrogens is 128 g/mol. The van der Waals surface area contributed by atoms with Gasteiger partial charge in [-0.2, -0.15) is 0 Å². The molecule has 0 aromatic rings. The third-order valence-electron chi connectivity index (χ3n) is 2.18. The molecule has 1 fully saturated rings. The molecule has 0 N–H and O–H groups in total. The molecule has 10 heavy (non-hydrogen) atoms. The highest BCUT2D eigenvalue weighted by Crippen LogP contribution is 2.18. The molecule has 0 aliphatic carbocycles. The van der Waals surface area contributed by atoms with Crippen LogP contribution in [0, 0.1) is 0 Å². The first-order valence-corrected chi connectivity index (χ1v) is 3.92. The monoisotopic (exact) mass is 144 g/mol. The molecule has 1 aliphatic heterocycles. The Kier molecular flexibility index (Phi) is 2.32. The van der Waals surface area contributed by atoms with Crippen LogP contribution in [0.3, 0.4) is 0 Å². The van der Waals surface area contributed by atoms with Gasteiger partial charge in [0.05, 0.1) is 24.4 Å². The first-order valence-electron chi connectivity index (χ1n) is 3.92. The van der Waals surface area contributed by atoms with Gasteiger partial charge in [-0.05, 0) is 27.7 Å². The highest BCUT2D eigenvalue weighted by atomic mass is 16.6. The van der Waals surface area contributed by atoms with Crippen LogP contribution in [0.25, 0.3) is 0 Å². The second kappa shape index (κ2) is 2.89. The quantitative estimate of drug-likeness (QED) is 0.514. The van der Waals surface area contributed by atoms with E-state index in [1.165, 1.54) is 0 Å². The second-order valence-electron chi connectivity index (χ2n) is 3.09. The Morgan fingerprint density at radius 3 is 1.00 bits per heavy atom. The van der Waals surface area contributed by atoms with E-state index in [4.69, 9.17) is 9.47 Å². The molecular formula is C8H16O2. The lowest BCUT2D eigenvalue weighted by atomic mass is 10.1. The van der Waals surface area contributed by atoms with E-state index >= 15 is 0 Å². The van der Waals surface area contributed by atoms with Crippen molar-refractivity contribution in [2.45, 2.75) is 52.1 Å². The summed E-state index contributed by atoms with van der Waals surface area (Å²) in [5, 5.41) is 0. The molecule has 0 amide bonds. The van der Waals surface area contributed by atoms with Gasteiger partial charge in [-0.25, -0.2) is 0 Å². The second-order valence-corrected chi connectivity index (χ2v) is 3.09. The summed E-state index contributed by atoms with van der Waals surface area (Å²) < 4.78 is 11.2. The number of hydrogen-bond donors (Lipinski definition) is 0. The SMILES string of the molecule is C[C@@H]1O[C@H](C)[C@@H](C)O[C@H]1C. The Bertz CT molecular complexity index is 87.8. The lowest BCUT2D eigenvalue weighted by molar-refractivity contribution is -0.197. The Morgan fingerprint density at radius 2 is 0.800 bits per heavy atom. The lowest BCUT2D eigenvalue weighted by Gasteiger charge is -2.36. The summed E-state index contributed by atoms with van der Waals surface area (Å²) in [6, 6.07) is 0. The van der Waals surface area contributed by atoms with Crippen molar-refractivity contribution in [3.63, 3.8) is 0 Å². The van der Waals surface area contributed by atoms with Crippen LogP contribution < -0.4 is 0 Å². The molecule has 0 spiro atoms. The van der Waals surface area contributed by atoms with Crippen molar-refractivity contribution in [1.82, 2.24) is 0 Å². The molecule has 2 heteroatoms. The van der Waals surface area contributed by atoms with Crippen molar-refractivity contribution < 1.29 is 9.47 Å². The maximum atomic E-state index is 5.59. The molecule has 2 nitrogen and oxygen atoms in total. The Morgan fingerprint density at radius 1 is 0.600 bits per heavy atom. The Labute approximate surface area is 62.5 Å². The molecule has 0 aromatic carbocycles. The van der Waals surface area contributed by atoms with Crippen molar-refractivity contribution >= 4 is 0 Å². The van der Waals surface area contributed by atoms with Gasteiger partial charge in [0, 0.05) is 0 Å². The van der Waals surface area contributed by atoms with E-state index in [2.05, 4.69) is 0 Å². The highest BCUT2D eigenvalue weighted by Gasteiger charge is 2.28. The molecule has 1 heterocycles. The van der Waals surface area contributed by atoms with Gasteiger partial charge in [-0.1, -0.05) is 0 Å². The van der Waals surface area contributed by atoms with E-state index < -0.39 is 0 Å². The van der Waals surface area contributed by atoms with Gasteiger partial charge in [-0.3, -0.25) is 0 Å². The van der Waals surface area contributed by atoms with Gasteiger partial charge in [-0.15, -0.1) is 0 Å². The van der Waals surface area contributed by atoms with E-state index in [1.54, 1.807) is 0 Å². The first-order chi connectivity index (χ1) is 4.61. The predicted molar refractivity (Wildman–Crippen MR) is 40.0 cm³/mol. The average molecular weight is 144 g/mol. The minimum absolute atomic E-state index is 0.242. The summed E-state index contributed by atoms with van der Waals surface area (Å²) >= 11 is 0. The third-order valence-corrected chi connectivity index (χ3v) is 2.18. The van der Waals surface area contributed by atoms with Crippen LogP contribution in [0.5, 0.6) is 0 Å². The van der Waals surface area contributed by atoms with Crippen molar-refractivity contribution in [3.05, 3.63) is 0 Å². The fourth-order valence-electron chi connectivity index (χ4n) is 1.12. The van der Waals surface area contributed by atoms with Crippen molar-refractivity contribution in [2.24, 2.45) is 0 Å². The van der Waals surface area contributed by atoms with Crippen LogP contribution in [-0.2, 0) is 9.47 Å². The Hall–Kier alpha value is -0.0800. The number of rotatable bonds is 0. The van der Waals surface area contributed by atoms with E-state index in [9.17, 15) is 0 Å². The van der Waals surface area contributed by atoms with Crippen LogP contribution in [0.1, 0.15) is 27.7 Å². The summed E-state index contributed by atoms with van der Waals surface area (Å²) in [4.78, 5) is 0. The van der Waals surface area contributed by atoms with Crippen molar-refractivity contribution in [2.75, 3.05) is 0 Å². The van der Waals surface area contributed by atoms with Gasteiger partial charge >= 0.3 is 0 Å². The molecule has 4 atom stereocenters. The van der Waals surface area contributed by atoms with Gasteiger partial charge < -0.3 is 9.47 Å². The minimum Gasteiger partial charge on any atom is -0.370 e. The van der Waals surface area contributed by atoms with E-state index in [0.29, 0.717) is 0 Å². The zero-order valence-electron chi connectivity index (χ0n) is 7.13. The smallest absolute Gasteiger partial charge is 0.0811 e. The maximum absolute atomic E-state index is 5.59. The van der Waals surface area contributed by atoms with Crippen molar-refractivity contribution in [3.8, 4) is 0 Å². The van der Waals surface area contributed by atoms with Gasteiger partial charge in [0.15, 0.2) is 0 Å². The zero-order valence-corrected chi connectivity index (χ0v) is 7.13. The van der Waals surface area contributed by atoms with E-state index in [0.717, 1.165) is 0 Å². The standard InChI is InChI=1S/C8H16O2/c1-5-6(2)10-8(4)7(3)9-5/h5-8H,1-4H3/t5-,6-,7+,8+. The van der Waals surface area contributed by atoms with Crippen molar-refractivity contribution in [1.29, 1.82) is 0 Å². The van der Waals surface area contributed by atoms with E-state index in [-0.39, 0.29) is 24.4 Å². The molecule has 0 radical (unpaired) electrons. The molecule has 1 saturated heterocycles. The summed E-state index contributed by atoms with van der Waals surface area (Å²) in [6.45, 7) is 8.19. The number of ether oxygens (including phenoxy) is 2. The summed E-state index contributed by atoms with van der Waals surface area (Å²) in [6.07, 6.45) is 0.967. The molecule has 1 aliphatic rings. The summed E-state index contributed by atoms with van der Waals surface area (Å²) in [7, 11) is 0. The van der Waals surface area contributed by atoms with E-state index in [1.807, 2.05) is 27.7 Å². The largest absolute Gasteiger partial charge is 0.370 e. The third kappa shape index (κ3) is 1.50. The molecule has 0 saturated carbocycles. The lowest BCUT2D eigenvalue weighted by Crippen LogP contribution is -2.44. The molecule has 0 unspecified atom stereocenters. The van der Waals surface area contributed by atoms with Crippen LogP contribution in [0.2, 0.25) is 0 Å². The average Bonchev–Trinajstić information content (AvgIpc) is 1.84. The van der Waals surface area contributed by atoms with Gasteiger partial charge in [0.2, 0.25) is 0 Å².